The highest BCUT2D eigenvalue weighted by Crippen LogP contribution is 2.29. The largest absolute Gasteiger partial charge is 0.389 e. The third kappa shape index (κ3) is 3.81. The molecule has 0 bridgehead atoms. The molecule has 1 aromatic heterocycles. The van der Waals surface area contributed by atoms with Crippen molar-refractivity contribution in [2.45, 2.75) is 19.4 Å². The lowest BCUT2D eigenvalue weighted by molar-refractivity contribution is 0.199. The van der Waals surface area contributed by atoms with Gasteiger partial charge in [0, 0.05) is 41.7 Å². The Labute approximate surface area is 128 Å². The quantitative estimate of drug-likeness (QED) is 0.907. The summed E-state index contributed by atoms with van der Waals surface area (Å²) in [7, 11) is 2.05. The maximum atomic E-state index is 9.88. The van der Waals surface area contributed by atoms with Crippen LogP contribution in [0.5, 0.6) is 0 Å². The number of aliphatic hydroxyl groups is 1. The summed E-state index contributed by atoms with van der Waals surface area (Å²) in [4.78, 5) is 6.20. The lowest BCUT2D eigenvalue weighted by Crippen LogP contribution is -2.22. The number of aromatic nitrogens is 1. The monoisotopic (exact) mass is 334 g/mol. The molecule has 2 aromatic rings. The van der Waals surface area contributed by atoms with Crippen LogP contribution < -0.4 is 4.90 Å². The fourth-order valence-corrected chi connectivity index (χ4v) is 2.52. The van der Waals surface area contributed by atoms with Crippen molar-refractivity contribution in [2.75, 3.05) is 18.5 Å². The number of aliphatic hydroxyl groups excluding tert-OH is 1. The van der Waals surface area contributed by atoms with E-state index in [1.165, 1.54) is 5.56 Å². The molecule has 1 unspecified atom stereocenters. The topological polar surface area (TPSA) is 36.4 Å². The predicted octanol–water partition coefficient (Wildman–Crippen LogP) is 3.58. The normalized spacial score (nSPS) is 12.2. The number of anilines is 1. The molecule has 0 radical (unpaired) electrons. The van der Waals surface area contributed by atoms with Crippen LogP contribution in [0.3, 0.4) is 0 Å². The summed E-state index contributed by atoms with van der Waals surface area (Å²) in [5.74, 6) is 0. The van der Waals surface area contributed by atoms with Crippen molar-refractivity contribution < 1.29 is 5.11 Å². The molecule has 0 aliphatic rings. The van der Waals surface area contributed by atoms with E-state index in [1.807, 2.05) is 36.7 Å². The lowest BCUT2D eigenvalue weighted by atomic mass is 10.1. The molecule has 2 rings (SSSR count). The third-order valence-corrected chi connectivity index (χ3v) is 3.83. The van der Waals surface area contributed by atoms with Crippen molar-refractivity contribution in [3.8, 4) is 0 Å². The van der Waals surface area contributed by atoms with Gasteiger partial charge in [0.05, 0.1) is 6.10 Å². The fraction of sp³-hybridized carbons (Fsp3) is 0.312. The van der Waals surface area contributed by atoms with Gasteiger partial charge in [0.1, 0.15) is 0 Å². The van der Waals surface area contributed by atoms with Crippen molar-refractivity contribution >= 4 is 21.6 Å². The highest BCUT2D eigenvalue weighted by molar-refractivity contribution is 9.10. The Bertz CT molecular complexity index is 558. The van der Waals surface area contributed by atoms with Crippen molar-refractivity contribution in [3.63, 3.8) is 0 Å². The smallest absolute Gasteiger partial charge is 0.0782 e. The van der Waals surface area contributed by atoms with Gasteiger partial charge in [0.25, 0.3) is 0 Å². The number of halogens is 1. The first kappa shape index (κ1) is 15.0. The van der Waals surface area contributed by atoms with E-state index in [0.717, 1.165) is 28.7 Å². The molecule has 1 heterocycles. The van der Waals surface area contributed by atoms with E-state index in [9.17, 15) is 5.11 Å². The molecule has 4 heteroatoms. The minimum Gasteiger partial charge on any atom is -0.389 e. The van der Waals surface area contributed by atoms with Crippen LogP contribution in [0.25, 0.3) is 0 Å². The van der Waals surface area contributed by atoms with Gasteiger partial charge in [-0.1, -0.05) is 22.0 Å². The second-order valence-corrected chi connectivity index (χ2v) is 5.82. The van der Waals surface area contributed by atoms with Crippen LogP contribution in [-0.4, -0.2) is 23.7 Å². The molecule has 106 valence electrons. The van der Waals surface area contributed by atoms with Crippen LogP contribution in [0.2, 0.25) is 0 Å². The van der Waals surface area contributed by atoms with Crippen LogP contribution in [0.1, 0.15) is 24.2 Å². The minimum absolute atomic E-state index is 0.471. The predicted molar refractivity (Wildman–Crippen MR) is 86.0 cm³/mol. The maximum absolute atomic E-state index is 9.88. The molecule has 0 fully saturated rings. The Morgan fingerprint density at radius 1 is 1.25 bits per heavy atom. The molecule has 1 aromatic carbocycles. The van der Waals surface area contributed by atoms with Crippen LogP contribution in [0, 0.1) is 0 Å². The van der Waals surface area contributed by atoms with Gasteiger partial charge in [-0.2, -0.15) is 0 Å². The van der Waals surface area contributed by atoms with Gasteiger partial charge in [-0.3, -0.25) is 4.98 Å². The van der Waals surface area contributed by atoms with E-state index in [4.69, 9.17) is 0 Å². The standard InChI is InChI=1S/C16H19BrN2O/c1-12(20)15-4-3-14(17)11-16(15)19(2)10-7-13-5-8-18-9-6-13/h3-6,8-9,11-12,20H,7,10H2,1-2H3. The molecule has 0 saturated carbocycles. The summed E-state index contributed by atoms with van der Waals surface area (Å²) in [6, 6.07) is 10.0. The van der Waals surface area contributed by atoms with Crippen molar-refractivity contribution in [1.82, 2.24) is 4.98 Å². The summed E-state index contributed by atoms with van der Waals surface area (Å²) < 4.78 is 1.02. The molecular formula is C16H19BrN2O. The van der Waals surface area contributed by atoms with E-state index >= 15 is 0 Å². The maximum Gasteiger partial charge on any atom is 0.0782 e. The molecular weight excluding hydrogens is 316 g/mol. The number of hydrogen-bond acceptors (Lipinski definition) is 3. The molecule has 0 amide bonds. The van der Waals surface area contributed by atoms with Crippen molar-refractivity contribution in [2.24, 2.45) is 0 Å². The second-order valence-electron chi connectivity index (χ2n) is 4.91. The Kier molecular flexibility index (Phi) is 5.15. The molecule has 0 saturated heterocycles. The molecule has 0 aliphatic heterocycles. The first-order valence-corrected chi connectivity index (χ1v) is 7.45. The average Bonchev–Trinajstić information content (AvgIpc) is 2.45. The van der Waals surface area contributed by atoms with Gasteiger partial charge >= 0.3 is 0 Å². The summed E-state index contributed by atoms with van der Waals surface area (Å²) in [6.45, 7) is 2.68. The van der Waals surface area contributed by atoms with Gasteiger partial charge < -0.3 is 10.0 Å². The Morgan fingerprint density at radius 3 is 2.60 bits per heavy atom. The molecule has 3 nitrogen and oxygen atoms in total. The van der Waals surface area contributed by atoms with Gasteiger partial charge in [-0.05, 0) is 43.2 Å². The van der Waals surface area contributed by atoms with Crippen LogP contribution in [-0.2, 0) is 6.42 Å². The summed E-state index contributed by atoms with van der Waals surface area (Å²) in [5, 5.41) is 9.88. The van der Waals surface area contributed by atoms with E-state index in [1.54, 1.807) is 6.92 Å². The summed E-state index contributed by atoms with van der Waals surface area (Å²) >= 11 is 3.49. The van der Waals surface area contributed by atoms with Gasteiger partial charge in [-0.15, -0.1) is 0 Å². The number of benzene rings is 1. The van der Waals surface area contributed by atoms with Crippen molar-refractivity contribution in [3.05, 3.63) is 58.3 Å². The van der Waals surface area contributed by atoms with Gasteiger partial charge in [0.15, 0.2) is 0 Å². The Hall–Kier alpha value is -1.39. The Balaban J connectivity index is 2.12. The molecule has 20 heavy (non-hydrogen) atoms. The molecule has 0 spiro atoms. The Morgan fingerprint density at radius 2 is 1.95 bits per heavy atom. The van der Waals surface area contributed by atoms with E-state index in [-0.39, 0.29) is 0 Å². The lowest BCUT2D eigenvalue weighted by Gasteiger charge is -2.24. The summed E-state index contributed by atoms with van der Waals surface area (Å²) in [6.07, 6.45) is 4.11. The SMILES string of the molecule is CC(O)c1ccc(Br)cc1N(C)CCc1ccncc1. The number of hydrogen-bond donors (Lipinski definition) is 1. The highest BCUT2D eigenvalue weighted by Gasteiger charge is 2.12. The van der Waals surface area contributed by atoms with Gasteiger partial charge in [0.2, 0.25) is 0 Å². The first-order valence-electron chi connectivity index (χ1n) is 6.65. The zero-order valence-corrected chi connectivity index (χ0v) is 13.3. The summed E-state index contributed by atoms with van der Waals surface area (Å²) in [5.41, 5.74) is 3.27. The van der Waals surface area contributed by atoms with Crippen LogP contribution >= 0.6 is 15.9 Å². The van der Waals surface area contributed by atoms with Crippen LogP contribution in [0.4, 0.5) is 5.69 Å². The minimum atomic E-state index is -0.471. The zero-order chi connectivity index (χ0) is 14.5. The van der Waals surface area contributed by atoms with E-state index in [0.29, 0.717) is 0 Å². The second kappa shape index (κ2) is 6.86. The zero-order valence-electron chi connectivity index (χ0n) is 11.8. The molecule has 1 N–H and O–H groups in total. The van der Waals surface area contributed by atoms with E-state index in [2.05, 4.69) is 38.9 Å². The van der Waals surface area contributed by atoms with Crippen LogP contribution in [0.15, 0.2) is 47.2 Å². The first-order chi connectivity index (χ1) is 9.58. The molecule has 1 atom stereocenters. The van der Waals surface area contributed by atoms with E-state index < -0.39 is 6.10 Å². The number of nitrogens with zero attached hydrogens (tertiary/aromatic N) is 2. The number of likely N-dealkylation sites (N-methyl/N-ethyl adjacent to an activating group) is 1. The number of rotatable bonds is 5. The highest BCUT2D eigenvalue weighted by atomic mass is 79.9. The number of pyridine rings is 1. The average molecular weight is 335 g/mol. The fourth-order valence-electron chi connectivity index (χ4n) is 2.17. The van der Waals surface area contributed by atoms with Gasteiger partial charge in [-0.25, -0.2) is 0 Å². The molecule has 0 aliphatic carbocycles. The van der Waals surface area contributed by atoms with Crippen molar-refractivity contribution in [1.29, 1.82) is 0 Å². The third-order valence-electron chi connectivity index (χ3n) is 3.34.